The lowest BCUT2D eigenvalue weighted by Crippen LogP contribution is -2.29. The summed E-state index contributed by atoms with van der Waals surface area (Å²) in [6, 6.07) is 20.2. The zero-order valence-electron chi connectivity index (χ0n) is 18.1. The fraction of sp³-hybridized carbons (Fsp3) is 0.115. The third-order valence-electron chi connectivity index (χ3n) is 5.52. The van der Waals surface area contributed by atoms with Crippen LogP contribution in [-0.2, 0) is 9.59 Å². The predicted octanol–water partition coefficient (Wildman–Crippen LogP) is 5.97. The molecule has 1 aliphatic rings. The van der Waals surface area contributed by atoms with Crippen molar-refractivity contribution in [1.82, 2.24) is 4.98 Å². The summed E-state index contributed by atoms with van der Waals surface area (Å²) in [5.41, 5.74) is 1.71. The van der Waals surface area contributed by atoms with Crippen molar-refractivity contribution in [1.29, 1.82) is 0 Å². The fourth-order valence-corrected chi connectivity index (χ4v) is 5.25. The molecule has 170 valence electrons. The molecule has 1 aliphatic heterocycles. The molecule has 3 aromatic carbocycles. The summed E-state index contributed by atoms with van der Waals surface area (Å²) in [5, 5.41) is 11.9. The number of hydrogen-bond donors (Lipinski definition) is 1. The number of aliphatic hydroxyl groups is 1. The number of aliphatic hydroxyl groups excluding tert-OH is 1. The summed E-state index contributed by atoms with van der Waals surface area (Å²) in [5.74, 6) is -1.08. The number of amides is 1. The number of fused-ring (bicyclic) bond motifs is 1. The molecule has 1 N–H and O–H groups in total. The van der Waals surface area contributed by atoms with Crippen molar-refractivity contribution in [3.63, 3.8) is 0 Å². The number of rotatable bonds is 5. The normalized spacial score (nSPS) is 17.5. The van der Waals surface area contributed by atoms with Crippen LogP contribution in [0, 0.1) is 0 Å². The van der Waals surface area contributed by atoms with E-state index in [-0.39, 0.29) is 11.3 Å². The van der Waals surface area contributed by atoms with Gasteiger partial charge in [0.15, 0.2) is 5.13 Å². The van der Waals surface area contributed by atoms with Crippen molar-refractivity contribution in [2.45, 2.75) is 13.0 Å². The topological polar surface area (TPSA) is 79.7 Å². The molecule has 1 aromatic heterocycles. The number of anilines is 1. The van der Waals surface area contributed by atoms with E-state index in [1.165, 1.54) is 16.2 Å². The van der Waals surface area contributed by atoms with Crippen molar-refractivity contribution in [3.8, 4) is 5.75 Å². The van der Waals surface area contributed by atoms with Crippen LogP contribution in [0.15, 0.2) is 78.4 Å². The van der Waals surface area contributed by atoms with Gasteiger partial charge in [-0.15, -0.1) is 0 Å². The molecule has 8 heteroatoms. The van der Waals surface area contributed by atoms with Crippen molar-refractivity contribution in [2.24, 2.45) is 0 Å². The Hall–Kier alpha value is -3.68. The number of benzene rings is 3. The molecule has 0 bridgehead atoms. The fourth-order valence-electron chi connectivity index (χ4n) is 4.03. The number of ketones is 1. The van der Waals surface area contributed by atoms with E-state index in [4.69, 9.17) is 16.3 Å². The number of hydrogen-bond acceptors (Lipinski definition) is 6. The van der Waals surface area contributed by atoms with Crippen LogP contribution >= 0.6 is 22.9 Å². The first-order chi connectivity index (χ1) is 16.5. The van der Waals surface area contributed by atoms with Crippen LogP contribution in [0.25, 0.3) is 16.0 Å². The molecule has 34 heavy (non-hydrogen) atoms. The van der Waals surface area contributed by atoms with Gasteiger partial charge in [0.25, 0.3) is 5.78 Å². The lowest BCUT2D eigenvalue weighted by molar-refractivity contribution is -0.132. The van der Waals surface area contributed by atoms with E-state index in [1.54, 1.807) is 48.5 Å². The van der Waals surface area contributed by atoms with E-state index < -0.39 is 17.7 Å². The van der Waals surface area contributed by atoms with Crippen LogP contribution in [-0.4, -0.2) is 28.4 Å². The number of carbonyl (C=O) groups is 2. The Morgan fingerprint density at radius 3 is 2.62 bits per heavy atom. The van der Waals surface area contributed by atoms with Crippen LogP contribution in [0.5, 0.6) is 5.75 Å². The Morgan fingerprint density at radius 2 is 1.88 bits per heavy atom. The molecule has 5 rings (SSSR count). The summed E-state index contributed by atoms with van der Waals surface area (Å²) in [6.07, 6.45) is 0. The standard InChI is InChI=1S/C26H19ClN2O4S/c1-2-33-18-11-12-19-20(14-18)34-26(28-19)29-22(16-9-6-10-17(27)13-16)21(24(31)25(29)32)23(30)15-7-4-3-5-8-15/h3-14,22,30H,2H2,1H3/b23-21+. The largest absolute Gasteiger partial charge is 0.507 e. The van der Waals surface area contributed by atoms with Crippen LogP contribution in [0.4, 0.5) is 5.13 Å². The van der Waals surface area contributed by atoms with Gasteiger partial charge in [0.1, 0.15) is 11.5 Å². The van der Waals surface area contributed by atoms with Gasteiger partial charge in [-0.05, 0) is 42.8 Å². The first-order valence-corrected chi connectivity index (χ1v) is 11.8. The van der Waals surface area contributed by atoms with Gasteiger partial charge < -0.3 is 9.84 Å². The van der Waals surface area contributed by atoms with Crippen LogP contribution < -0.4 is 9.64 Å². The molecule has 0 aliphatic carbocycles. The number of aromatic nitrogens is 1. The van der Waals surface area contributed by atoms with E-state index in [1.807, 2.05) is 31.2 Å². The molecule has 1 saturated heterocycles. The van der Waals surface area contributed by atoms with Crippen LogP contribution in [0.3, 0.4) is 0 Å². The Balaban J connectivity index is 1.70. The van der Waals surface area contributed by atoms with Crippen molar-refractivity contribution >= 4 is 55.7 Å². The second-order valence-corrected chi connectivity index (χ2v) is 9.09. The smallest absolute Gasteiger partial charge is 0.301 e. The average molecular weight is 491 g/mol. The number of carbonyl (C=O) groups excluding carboxylic acids is 2. The highest BCUT2D eigenvalue weighted by Crippen LogP contribution is 2.45. The Morgan fingerprint density at radius 1 is 1.09 bits per heavy atom. The third kappa shape index (κ3) is 3.83. The zero-order valence-corrected chi connectivity index (χ0v) is 19.6. The zero-order chi connectivity index (χ0) is 23.8. The minimum atomic E-state index is -0.883. The molecule has 0 saturated carbocycles. The van der Waals surface area contributed by atoms with E-state index >= 15 is 0 Å². The first-order valence-electron chi connectivity index (χ1n) is 10.6. The Bertz CT molecular complexity index is 1450. The molecular formula is C26H19ClN2O4S. The number of Topliss-reactive ketones (excluding diaryl/α,β-unsaturated/α-hetero) is 1. The molecule has 1 amide bonds. The molecule has 1 unspecified atom stereocenters. The van der Waals surface area contributed by atoms with E-state index in [2.05, 4.69) is 4.98 Å². The summed E-state index contributed by atoms with van der Waals surface area (Å²) in [7, 11) is 0. The van der Waals surface area contributed by atoms with E-state index in [0.717, 1.165) is 4.70 Å². The summed E-state index contributed by atoms with van der Waals surface area (Å²) in [6.45, 7) is 2.43. The lowest BCUT2D eigenvalue weighted by atomic mass is 9.95. The lowest BCUT2D eigenvalue weighted by Gasteiger charge is -2.23. The molecule has 1 atom stereocenters. The predicted molar refractivity (Wildman–Crippen MR) is 133 cm³/mol. The van der Waals surface area contributed by atoms with Crippen molar-refractivity contribution in [2.75, 3.05) is 11.5 Å². The first kappa shape index (κ1) is 22.1. The monoisotopic (exact) mass is 490 g/mol. The number of thiazole rings is 1. The minimum Gasteiger partial charge on any atom is -0.507 e. The summed E-state index contributed by atoms with van der Waals surface area (Å²) < 4.78 is 6.39. The second kappa shape index (κ2) is 8.93. The molecule has 0 spiro atoms. The second-order valence-electron chi connectivity index (χ2n) is 7.65. The van der Waals surface area contributed by atoms with Crippen molar-refractivity contribution in [3.05, 3.63) is 94.5 Å². The SMILES string of the molecule is CCOc1ccc2nc(N3C(=O)C(=O)/C(=C(/O)c4ccccc4)C3c3cccc(Cl)c3)sc2c1. The van der Waals surface area contributed by atoms with Gasteiger partial charge in [0.2, 0.25) is 0 Å². The highest BCUT2D eigenvalue weighted by Gasteiger charge is 2.48. The summed E-state index contributed by atoms with van der Waals surface area (Å²) in [4.78, 5) is 32.5. The van der Waals surface area contributed by atoms with Crippen LogP contribution in [0.2, 0.25) is 5.02 Å². The van der Waals surface area contributed by atoms with Gasteiger partial charge in [-0.3, -0.25) is 14.5 Å². The molecule has 6 nitrogen and oxygen atoms in total. The maximum Gasteiger partial charge on any atom is 0.301 e. The highest BCUT2D eigenvalue weighted by atomic mass is 35.5. The molecule has 0 radical (unpaired) electrons. The third-order valence-corrected chi connectivity index (χ3v) is 6.77. The van der Waals surface area contributed by atoms with Crippen LogP contribution in [0.1, 0.15) is 24.1 Å². The van der Waals surface area contributed by atoms with Gasteiger partial charge >= 0.3 is 5.91 Å². The van der Waals surface area contributed by atoms with Gasteiger partial charge in [-0.25, -0.2) is 4.98 Å². The van der Waals surface area contributed by atoms with Crippen molar-refractivity contribution < 1.29 is 19.4 Å². The van der Waals surface area contributed by atoms with Gasteiger partial charge in [-0.1, -0.05) is 65.4 Å². The van der Waals surface area contributed by atoms with Gasteiger partial charge in [0, 0.05) is 10.6 Å². The van der Waals surface area contributed by atoms with Gasteiger partial charge in [-0.2, -0.15) is 0 Å². The number of nitrogens with zero attached hydrogens (tertiary/aromatic N) is 2. The van der Waals surface area contributed by atoms with Gasteiger partial charge in [0.05, 0.1) is 28.4 Å². The highest BCUT2D eigenvalue weighted by molar-refractivity contribution is 7.22. The molecule has 2 heterocycles. The Kier molecular flexibility index (Phi) is 5.81. The maximum atomic E-state index is 13.3. The van der Waals surface area contributed by atoms with E-state index in [0.29, 0.717) is 39.2 Å². The maximum absolute atomic E-state index is 13.3. The molecule has 4 aromatic rings. The summed E-state index contributed by atoms with van der Waals surface area (Å²) >= 11 is 7.53. The molecular weight excluding hydrogens is 472 g/mol. The quantitative estimate of drug-likeness (QED) is 0.211. The number of ether oxygens (including phenoxy) is 1. The van der Waals surface area contributed by atoms with E-state index in [9.17, 15) is 14.7 Å². The average Bonchev–Trinajstić information content (AvgIpc) is 3.37. The Labute approximate surface area is 204 Å². The minimum absolute atomic E-state index is 0.00673. The molecule has 1 fully saturated rings. The number of halogens is 1.